The Bertz CT molecular complexity index is 960. The van der Waals surface area contributed by atoms with E-state index in [0.717, 1.165) is 5.56 Å². The van der Waals surface area contributed by atoms with Gasteiger partial charge in [-0.15, -0.1) is 0 Å². The van der Waals surface area contributed by atoms with Gasteiger partial charge in [-0.3, -0.25) is 4.79 Å². The van der Waals surface area contributed by atoms with Crippen molar-refractivity contribution < 1.29 is 33.0 Å². The van der Waals surface area contributed by atoms with Gasteiger partial charge >= 0.3 is 5.97 Å². The lowest BCUT2D eigenvalue weighted by Gasteiger charge is -2.07. The topological polar surface area (TPSA) is 95.5 Å². The molecule has 29 heavy (non-hydrogen) atoms. The van der Waals surface area contributed by atoms with Gasteiger partial charge in [-0.25, -0.2) is 9.18 Å². The fourth-order valence-electron chi connectivity index (χ4n) is 2.41. The highest BCUT2D eigenvalue weighted by molar-refractivity contribution is 5.99. The van der Waals surface area contributed by atoms with Crippen LogP contribution < -0.4 is 14.8 Å². The lowest BCUT2D eigenvalue weighted by Crippen LogP contribution is -2.22. The van der Waals surface area contributed by atoms with Gasteiger partial charge < -0.3 is 24.4 Å². The first-order valence-corrected chi connectivity index (χ1v) is 8.70. The summed E-state index contributed by atoms with van der Waals surface area (Å²) < 4.78 is 28.8. The fraction of sp³-hybridized carbons (Fsp3) is 0.250. The predicted molar refractivity (Wildman–Crippen MR) is 101 cm³/mol. The third kappa shape index (κ3) is 5.44. The molecule has 1 amide bonds. The van der Waals surface area contributed by atoms with Crippen molar-refractivity contribution in [3.8, 4) is 11.5 Å². The Labute approximate surface area is 166 Å². The van der Waals surface area contributed by atoms with Crippen LogP contribution in [0.3, 0.4) is 0 Å². The molecular formula is C20H19FN2O6. The molecule has 3 rings (SSSR count). The molecule has 9 heteroatoms. The van der Waals surface area contributed by atoms with E-state index in [1.165, 1.54) is 12.1 Å². The quantitative estimate of drug-likeness (QED) is 0.435. The van der Waals surface area contributed by atoms with Crippen LogP contribution in [0.25, 0.3) is 0 Å². The Hall–Kier alpha value is -3.62. The molecule has 0 aromatic heterocycles. The van der Waals surface area contributed by atoms with Crippen LogP contribution in [-0.2, 0) is 19.2 Å². The maximum atomic E-state index is 13.5. The van der Waals surface area contributed by atoms with Gasteiger partial charge in [0.05, 0.1) is 5.71 Å². The number of oxime groups is 1. The van der Waals surface area contributed by atoms with Crippen molar-refractivity contribution in [3.63, 3.8) is 0 Å². The van der Waals surface area contributed by atoms with Crippen LogP contribution >= 0.6 is 0 Å². The molecule has 0 unspecified atom stereocenters. The molecule has 0 aliphatic carbocycles. The largest absolute Gasteiger partial charge is 0.454 e. The molecule has 1 aliphatic heterocycles. The van der Waals surface area contributed by atoms with Crippen LogP contribution in [0.2, 0.25) is 0 Å². The Morgan fingerprint density at radius 2 is 1.93 bits per heavy atom. The second-order valence-corrected chi connectivity index (χ2v) is 6.19. The van der Waals surface area contributed by atoms with Crippen molar-refractivity contribution in [1.29, 1.82) is 0 Å². The molecule has 152 valence electrons. The Morgan fingerprint density at radius 3 is 2.72 bits per heavy atom. The van der Waals surface area contributed by atoms with Crippen molar-refractivity contribution in [1.82, 2.24) is 0 Å². The molecule has 0 bridgehead atoms. The molecule has 0 radical (unpaired) electrons. The fourth-order valence-corrected chi connectivity index (χ4v) is 2.41. The summed E-state index contributed by atoms with van der Waals surface area (Å²) in [5.74, 6) is -0.545. The average molecular weight is 402 g/mol. The lowest BCUT2D eigenvalue weighted by atomic mass is 10.1. The Kier molecular flexibility index (Phi) is 6.28. The number of nitrogens with zero attached hydrogens (tertiary/aromatic N) is 1. The van der Waals surface area contributed by atoms with Crippen LogP contribution in [0.5, 0.6) is 11.5 Å². The number of amides is 1. The van der Waals surface area contributed by atoms with E-state index in [1.54, 1.807) is 38.1 Å². The van der Waals surface area contributed by atoms with Crippen molar-refractivity contribution >= 4 is 23.3 Å². The number of rotatable bonds is 7. The minimum absolute atomic E-state index is 0.170. The van der Waals surface area contributed by atoms with Gasteiger partial charge in [0, 0.05) is 11.3 Å². The number of carbonyl (C=O) groups is 2. The second kappa shape index (κ2) is 9.05. The zero-order chi connectivity index (χ0) is 20.8. The predicted octanol–water partition coefficient (Wildman–Crippen LogP) is 2.79. The standard InChI is InChI=1S/C20H19FN2O6/c1-12-3-5-15(8-16(12)21)22-19(24)9-26-20(25)10-29-23-13(2)14-4-6-17-18(7-14)28-11-27-17/h3-8H,9-11H2,1-2H3,(H,22,24)/b23-13-. The normalized spacial score (nSPS) is 12.4. The number of anilines is 1. The third-order valence-corrected chi connectivity index (χ3v) is 3.99. The van der Waals surface area contributed by atoms with Gasteiger partial charge in [-0.1, -0.05) is 11.2 Å². The number of halogens is 1. The summed E-state index contributed by atoms with van der Waals surface area (Å²) >= 11 is 0. The lowest BCUT2D eigenvalue weighted by molar-refractivity contribution is -0.151. The molecule has 0 spiro atoms. The number of aryl methyl sites for hydroxylation is 1. The minimum Gasteiger partial charge on any atom is -0.454 e. The van der Waals surface area contributed by atoms with E-state index in [4.69, 9.17) is 19.0 Å². The van der Waals surface area contributed by atoms with Crippen LogP contribution in [0.15, 0.2) is 41.6 Å². The summed E-state index contributed by atoms with van der Waals surface area (Å²) in [4.78, 5) is 28.4. The maximum absolute atomic E-state index is 13.5. The van der Waals surface area contributed by atoms with Gasteiger partial charge in [0.1, 0.15) is 5.82 Å². The van der Waals surface area contributed by atoms with E-state index < -0.39 is 30.9 Å². The number of ether oxygens (including phenoxy) is 3. The molecular weight excluding hydrogens is 383 g/mol. The van der Waals surface area contributed by atoms with Crippen molar-refractivity contribution in [2.45, 2.75) is 13.8 Å². The number of carbonyl (C=O) groups excluding carboxylic acids is 2. The summed E-state index contributed by atoms with van der Waals surface area (Å²) in [7, 11) is 0. The molecule has 1 N–H and O–H groups in total. The number of nitrogens with one attached hydrogen (secondary N) is 1. The Morgan fingerprint density at radius 1 is 1.14 bits per heavy atom. The SMILES string of the molecule is C/C(=N/OCC(=O)OCC(=O)Nc1ccc(C)c(F)c1)c1ccc2c(c1)OCO2. The number of fused-ring (bicyclic) bond motifs is 1. The summed E-state index contributed by atoms with van der Waals surface area (Å²) in [6.45, 7) is 2.50. The minimum atomic E-state index is -0.766. The number of hydrogen-bond donors (Lipinski definition) is 1. The first-order chi connectivity index (χ1) is 13.9. The van der Waals surface area contributed by atoms with E-state index >= 15 is 0 Å². The van der Waals surface area contributed by atoms with Crippen LogP contribution in [-0.4, -0.2) is 37.6 Å². The molecule has 0 atom stereocenters. The number of esters is 1. The smallest absolute Gasteiger partial charge is 0.347 e. The third-order valence-electron chi connectivity index (χ3n) is 3.99. The van der Waals surface area contributed by atoms with E-state index in [9.17, 15) is 14.0 Å². The van der Waals surface area contributed by atoms with E-state index in [-0.39, 0.29) is 12.5 Å². The van der Waals surface area contributed by atoms with E-state index in [2.05, 4.69) is 10.5 Å². The first kappa shape index (κ1) is 20.1. The summed E-state index contributed by atoms with van der Waals surface area (Å²) in [6.07, 6.45) is 0. The first-order valence-electron chi connectivity index (χ1n) is 8.70. The molecule has 8 nitrogen and oxygen atoms in total. The van der Waals surface area contributed by atoms with E-state index in [0.29, 0.717) is 22.8 Å². The monoisotopic (exact) mass is 402 g/mol. The zero-order valence-electron chi connectivity index (χ0n) is 15.9. The van der Waals surface area contributed by atoms with Gasteiger partial charge in [0.25, 0.3) is 5.91 Å². The van der Waals surface area contributed by atoms with Gasteiger partial charge in [0.2, 0.25) is 13.4 Å². The van der Waals surface area contributed by atoms with Gasteiger partial charge in [-0.05, 0) is 49.7 Å². The van der Waals surface area contributed by atoms with Crippen LogP contribution in [0.4, 0.5) is 10.1 Å². The average Bonchev–Trinajstić information content (AvgIpc) is 3.17. The molecule has 0 fully saturated rings. The molecule has 0 saturated heterocycles. The molecule has 0 saturated carbocycles. The van der Waals surface area contributed by atoms with Crippen molar-refractivity contribution in [2.75, 3.05) is 25.3 Å². The highest BCUT2D eigenvalue weighted by Crippen LogP contribution is 2.32. The van der Waals surface area contributed by atoms with Gasteiger partial charge in [-0.2, -0.15) is 0 Å². The van der Waals surface area contributed by atoms with Crippen molar-refractivity contribution in [3.05, 3.63) is 53.3 Å². The highest BCUT2D eigenvalue weighted by atomic mass is 19.1. The van der Waals surface area contributed by atoms with Crippen LogP contribution in [0.1, 0.15) is 18.1 Å². The highest BCUT2D eigenvalue weighted by Gasteiger charge is 2.14. The summed E-state index contributed by atoms with van der Waals surface area (Å²) in [6, 6.07) is 9.56. The zero-order valence-corrected chi connectivity index (χ0v) is 15.9. The number of hydrogen-bond acceptors (Lipinski definition) is 7. The van der Waals surface area contributed by atoms with E-state index in [1.807, 2.05) is 0 Å². The van der Waals surface area contributed by atoms with Gasteiger partial charge in [0.15, 0.2) is 18.1 Å². The van der Waals surface area contributed by atoms with Crippen LogP contribution in [0, 0.1) is 12.7 Å². The molecule has 2 aromatic rings. The number of benzene rings is 2. The second-order valence-electron chi connectivity index (χ2n) is 6.19. The summed E-state index contributed by atoms with van der Waals surface area (Å²) in [5, 5.41) is 6.28. The molecule has 2 aromatic carbocycles. The molecule has 1 heterocycles. The Balaban J connectivity index is 1.41. The maximum Gasteiger partial charge on any atom is 0.347 e. The van der Waals surface area contributed by atoms with Crippen molar-refractivity contribution in [2.24, 2.45) is 5.16 Å². The summed E-state index contributed by atoms with van der Waals surface area (Å²) in [5.41, 5.74) is 2.00. The molecule has 1 aliphatic rings.